The zero-order valence-corrected chi connectivity index (χ0v) is 14.0. The van der Waals surface area contributed by atoms with Crippen molar-refractivity contribution in [3.63, 3.8) is 0 Å². The van der Waals surface area contributed by atoms with E-state index in [0.717, 1.165) is 29.6 Å². The summed E-state index contributed by atoms with van der Waals surface area (Å²) in [5.74, 6) is -0.310. The number of hydrogen-bond donors (Lipinski definition) is 0. The summed E-state index contributed by atoms with van der Waals surface area (Å²) in [6.07, 6.45) is 2.72. The molecule has 4 heteroatoms. The van der Waals surface area contributed by atoms with Gasteiger partial charge in [-0.2, -0.15) is 0 Å². The third kappa shape index (κ3) is 3.75. The Hall–Kier alpha value is -2.10. The van der Waals surface area contributed by atoms with Crippen LogP contribution < -0.4 is 4.90 Å². The van der Waals surface area contributed by atoms with Crippen molar-refractivity contribution < 1.29 is 9.53 Å². The number of aromatic nitrogens is 1. The first-order chi connectivity index (χ1) is 10.3. The van der Waals surface area contributed by atoms with Gasteiger partial charge in [-0.05, 0) is 51.5 Å². The first-order valence-corrected chi connectivity index (χ1v) is 7.65. The summed E-state index contributed by atoms with van der Waals surface area (Å²) >= 11 is 0. The second kappa shape index (κ2) is 6.34. The number of carbonyl (C=O) groups excluding carboxylic acids is 1. The predicted octanol–water partition coefficient (Wildman–Crippen LogP) is 4.04. The molecule has 0 amide bonds. The lowest BCUT2D eigenvalue weighted by atomic mass is 10.1. The molecule has 0 radical (unpaired) electrons. The zero-order valence-electron chi connectivity index (χ0n) is 14.0. The van der Waals surface area contributed by atoms with Crippen LogP contribution in [0, 0.1) is 0 Å². The Morgan fingerprint density at radius 3 is 2.64 bits per heavy atom. The number of hydrogen-bond acceptors (Lipinski definition) is 4. The van der Waals surface area contributed by atoms with Crippen LogP contribution in [0.1, 0.15) is 44.5 Å². The number of carbonyl (C=O) groups is 1. The van der Waals surface area contributed by atoms with E-state index < -0.39 is 5.60 Å². The van der Waals surface area contributed by atoms with E-state index in [1.54, 1.807) is 12.3 Å². The highest BCUT2D eigenvalue weighted by atomic mass is 16.6. The van der Waals surface area contributed by atoms with Gasteiger partial charge in [-0.15, -0.1) is 0 Å². The number of anilines is 1. The number of fused-ring (bicyclic) bond motifs is 1. The molecule has 0 aliphatic carbocycles. The minimum Gasteiger partial charge on any atom is -0.456 e. The first-order valence-electron chi connectivity index (χ1n) is 7.65. The maximum atomic E-state index is 12.4. The van der Waals surface area contributed by atoms with Gasteiger partial charge in [-0.1, -0.05) is 6.92 Å². The molecule has 0 fully saturated rings. The minimum absolute atomic E-state index is 0.310. The number of ether oxygens (including phenoxy) is 1. The normalized spacial score (nSPS) is 11.5. The van der Waals surface area contributed by atoms with Crippen LogP contribution in [0.4, 0.5) is 5.69 Å². The molecule has 0 spiro atoms. The van der Waals surface area contributed by atoms with Crippen LogP contribution in [-0.2, 0) is 4.74 Å². The van der Waals surface area contributed by atoms with Crippen molar-refractivity contribution in [3.05, 3.63) is 36.0 Å². The van der Waals surface area contributed by atoms with E-state index in [1.165, 1.54) is 0 Å². The molecule has 22 heavy (non-hydrogen) atoms. The van der Waals surface area contributed by atoms with Crippen LogP contribution in [0.3, 0.4) is 0 Å². The number of rotatable bonds is 4. The standard InChI is InChI=1S/C18H24N2O2/c1-6-11-20(5)13-7-8-16-15(12-13)14(9-10-19-16)17(21)22-18(2,3)4/h7-10,12H,6,11H2,1-5H3. The smallest absolute Gasteiger partial charge is 0.339 e. The van der Waals surface area contributed by atoms with Crippen molar-refractivity contribution in [1.82, 2.24) is 4.98 Å². The lowest BCUT2D eigenvalue weighted by molar-refractivity contribution is 0.00718. The van der Waals surface area contributed by atoms with Crippen LogP contribution in [0.5, 0.6) is 0 Å². The molecule has 0 aliphatic rings. The molecule has 1 aromatic carbocycles. The van der Waals surface area contributed by atoms with Crippen molar-refractivity contribution in [2.75, 3.05) is 18.5 Å². The molecule has 2 aromatic rings. The summed E-state index contributed by atoms with van der Waals surface area (Å²) in [5.41, 5.74) is 1.93. The van der Waals surface area contributed by atoms with Gasteiger partial charge in [-0.25, -0.2) is 4.79 Å². The number of nitrogens with zero attached hydrogens (tertiary/aromatic N) is 2. The Kier molecular flexibility index (Phi) is 4.69. The SMILES string of the molecule is CCCN(C)c1ccc2nccc(C(=O)OC(C)(C)C)c2c1. The lowest BCUT2D eigenvalue weighted by Gasteiger charge is -2.21. The number of benzene rings is 1. The lowest BCUT2D eigenvalue weighted by Crippen LogP contribution is -2.24. The first kappa shape index (κ1) is 16.3. The Bertz CT molecular complexity index is 674. The topological polar surface area (TPSA) is 42.4 Å². The third-order valence-corrected chi connectivity index (χ3v) is 3.34. The van der Waals surface area contributed by atoms with Gasteiger partial charge in [0.05, 0.1) is 11.1 Å². The van der Waals surface area contributed by atoms with Crippen LogP contribution in [0.25, 0.3) is 10.9 Å². The molecular weight excluding hydrogens is 276 g/mol. The minimum atomic E-state index is -0.511. The molecule has 0 saturated carbocycles. The van der Waals surface area contributed by atoms with Gasteiger partial charge in [0, 0.05) is 30.9 Å². The molecule has 0 aliphatic heterocycles. The summed E-state index contributed by atoms with van der Waals surface area (Å²) in [5, 5.41) is 0.831. The highest BCUT2D eigenvalue weighted by Gasteiger charge is 2.20. The van der Waals surface area contributed by atoms with Crippen LogP contribution >= 0.6 is 0 Å². The highest BCUT2D eigenvalue weighted by Crippen LogP contribution is 2.25. The summed E-state index contributed by atoms with van der Waals surface area (Å²) in [6, 6.07) is 7.71. The Balaban J connectivity index is 2.46. The predicted molar refractivity (Wildman–Crippen MR) is 90.5 cm³/mol. The second-order valence-electron chi connectivity index (χ2n) is 6.48. The maximum absolute atomic E-state index is 12.4. The van der Waals surface area contributed by atoms with Crippen molar-refractivity contribution in [2.24, 2.45) is 0 Å². The maximum Gasteiger partial charge on any atom is 0.339 e. The fourth-order valence-electron chi connectivity index (χ4n) is 2.35. The number of pyridine rings is 1. The summed E-state index contributed by atoms with van der Waals surface area (Å²) < 4.78 is 5.50. The fourth-order valence-corrected chi connectivity index (χ4v) is 2.35. The molecule has 0 N–H and O–H groups in total. The third-order valence-electron chi connectivity index (χ3n) is 3.34. The molecule has 4 nitrogen and oxygen atoms in total. The number of esters is 1. The average molecular weight is 300 g/mol. The zero-order chi connectivity index (χ0) is 16.3. The van der Waals surface area contributed by atoms with Gasteiger partial charge in [0.15, 0.2) is 0 Å². The van der Waals surface area contributed by atoms with E-state index in [4.69, 9.17) is 4.74 Å². The van der Waals surface area contributed by atoms with Crippen molar-refractivity contribution in [3.8, 4) is 0 Å². The van der Waals surface area contributed by atoms with E-state index >= 15 is 0 Å². The Morgan fingerprint density at radius 2 is 2.00 bits per heavy atom. The van der Waals surface area contributed by atoms with E-state index in [9.17, 15) is 4.79 Å². The molecular formula is C18H24N2O2. The van der Waals surface area contributed by atoms with Crippen LogP contribution in [0.15, 0.2) is 30.5 Å². The van der Waals surface area contributed by atoms with Gasteiger partial charge in [0.1, 0.15) is 5.60 Å². The van der Waals surface area contributed by atoms with Crippen molar-refractivity contribution in [2.45, 2.75) is 39.7 Å². The molecule has 1 heterocycles. The van der Waals surface area contributed by atoms with Gasteiger partial charge in [-0.3, -0.25) is 4.98 Å². The fraction of sp³-hybridized carbons (Fsp3) is 0.444. The average Bonchev–Trinajstić information content (AvgIpc) is 2.44. The Morgan fingerprint density at radius 1 is 1.27 bits per heavy atom. The summed E-state index contributed by atoms with van der Waals surface area (Å²) in [7, 11) is 2.05. The molecule has 2 rings (SSSR count). The second-order valence-corrected chi connectivity index (χ2v) is 6.48. The van der Waals surface area contributed by atoms with Crippen molar-refractivity contribution >= 4 is 22.6 Å². The van der Waals surface area contributed by atoms with Crippen molar-refractivity contribution in [1.29, 1.82) is 0 Å². The van der Waals surface area contributed by atoms with Gasteiger partial charge < -0.3 is 9.64 Å². The summed E-state index contributed by atoms with van der Waals surface area (Å²) in [6.45, 7) is 8.72. The van der Waals surface area contributed by atoms with E-state index in [-0.39, 0.29) is 5.97 Å². The van der Waals surface area contributed by atoms with E-state index in [0.29, 0.717) is 5.56 Å². The quantitative estimate of drug-likeness (QED) is 0.799. The van der Waals surface area contributed by atoms with E-state index in [1.807, 2.05) is 46.0 Å². The Labute approximate surface area is 132 Å². The molecule has 0 saturated heterocycles. The summed E-state index contributed by atoms with van der Waals surface area (Å²) in [4.78, 5) is 18.9. The van der Waals surface area contributed by atoms with Gasteiger partial charge >= 0.3 is 5.97 Å². The van der Waals surface area contributed by atoms with Gasteiger partial charge in [0.2, 0.25) is 0 Å². The van der Waals surface area contributed by atoms with Crippen LogP contribution in [0.2, 0.25) is 0 Å². The molecule has 1 aromatic heterocycles. The van der Waals surface area contributed by atoms with E-state index in [2.05, 4.69) is 16.8 Å². The highest BCUT2D eigenvalue weighted by molar-refractivity contribution is 6.04. The van der Waals surface area contributed by atoms with Crippen LogP contribution in [-0.4, -0.2) is 30.1 Å². The largest absolute Gasteiger partial charge is 0.456 e. The van der Waals surface area contributed by atoms with Gasteiger partial charge in [0.25, 0.3) is 0 Å². The molecule has 0 bridgehead atoms. The molecule has 0 unspecified atom stereocenters. The molecule has 0 atom stereocenters. The monoisotopic (exact) mass is 300 g/mol. The molecule has 118 valence electrons.